The predicted octanol–water partition coefficient (Wildman–Crippen LogP) is 3.32. The number of nitriles is 1. The van der Waals surface area contributed by atoms with E-state index in [4.69, 9.17) is 0 Å². The van der Waals surface area contributed by atoms with Crippen LogP contribution < -0.4 is 0 Å². The van der Waals surface area contributed by atoms with Gasteiger partial charge in [-0.2, -0.15) is 5.26 Å². The predicted molar refractivity (Wildman–Crippen MR) is 60.1 cm³/mol. The number of ketones is 1. The number of carbonyl (C=O) groups excluding carboxylic acids is 1. The summed E-state index contributed by atoms with van der Waals surface area (Å²) in [5.41, 5.74) is -1.00. The minimum atomic E-state index is -0.698. The molecule has 2 heteroatoms. The Kier molecular flexibility index (Phi) is 3.23. The normalized spacial score (nSPS) is 30.3. The summed E-state index contributed by atoms with van der Waals surface area (Å²) in [4.78, 5) is 12.3. The van der Waals surface area contributed by atoms with Crippen LogP contribution in [-0.4, -0.2) is 5.78 Å². The largest absolute Gasteiger partial charge is 0.297 e. The summed E-state index contributed by atoms with van der Waals surface area (Å²) in [6.07, 6.45) is 3.39. The summed E-state index contributed by atoms with van der Waals surface area (Å²) in [6, 6.07) is 2.30. The van der Waals surface area contributed by atoms with Crippen LogP contribution in [0.4, 0.5) is 0 Å². The fraction of sp³-hybridized carbons (Fsp3) is 0.846. The highest BCUT2D eigenvalue weighted by molar-refractivity contribution is 5.92. The molecule has 0 heterocycles. The molecule has 1 saturated carbocycles. The van der Waals surface area contributed by atoms with Gasteiger partial charge >= 0.3 is 0 Å². The molecule has 0 saturated heterocycles. The summed E-state index contributed by atoms with van der Waals surface area (Å²) in [6.45, 7) is 8.10. The highest BCUT2D eigenvalue weighted by atomic mass is 16.1. The Morgan fingerprint density at radius 2 is 2.00 bits per heavy atom. The number of hydrogen-bond acceptors (Lipinski definition) is 2. The fourth-order valence-electron chi connectivity index (χ4n) is 2.75. The van der Waals surface area contributed by atoms with Gasteiger partial charge in [0.05, 0.1) is 6.07 Å². The summed E-state index contributed by atoms with van der Waals surface area (Å²) in [5.74, 6) is 0.569. The van der Waals surface area contributed by atoms with Crippen molar-refractivity contribution in [1.82, 2.24) is 0 Å². The van der Waals surface area contributed by atoms with Crippen molar-refractivity contribution >= 4 is 5.78 Å². The zero-order chi connectivity index (χ0) is 11.7. The third-order valence-corrected chi connectivity index (χ3v) is 3.43. The van der Waals surface area contributed by atoms with E-state index in [9.17, 15) is 10.1 Å². The molecule has 1 aliphatic carbocycles. The molecule has 0 aromatic heterocycles. The Balaban J connectivity index is 2.99. The lowest BCUT2D eigenvalue weighted by Gasteiger charge is -2.39. The van der Waals surface area contributed by atoms with Gasteiger partial charge in [-0.15, -0.1) is 0 Å². The van der Waals surface area contributed by atoms with Gasteiger partial charge in [-0.05, 0) is 25.2 Å². The molecule has 0 amide bonds. The fourth-order valence-corrected chi connectivity index (χ4v) is 2.75. The Labute approximate surface area is 92.7 Å². The maximum Gasteiger partial charge on any atom is 0.158 e. The lowest BCUT2D eigenvalue weighted by atomic mass is 9.60. The SMILES string of the molecule is CC(C)CC1(C#N)CCCC(C)(C)C1=O. The van der Waals surface area contributed by atoms with Crippen molar-refractivity contribution in [1.29, 1.82) is 5.26 Å². The van der Waals surface area contributed by atoms with Gasteiger partial charge < -0.3 is 0 Å². The standard InChI is InChI=1S/C13H21NO/c1-10(2)8-13(9-14)7-5-6-12(3,4)11(13)15/h10H,5-8H2,1-4H3. The molecule has 0 N–H and O–H groups in total. The van der Waals surface area contributed by atoms with Crippen LogP contribution in [0.25, 0.3) is 0 Å². The van der Waals surface area contributed by atoms with E-state index in [2.05, 4.69) is 19.9 Å². The first-order chi connectivity index (χ1) is 6.84. The number of Topliss-reactive ketones (excluding diaryl/α,β-unsaturated/α-hetero) is 1. The highest BCUT2D eigenvalue weighted by Gasteiger charge is 2.48. The third kappa shape index (κ3) is 2.22. The molecule has 0 bridgehead atoms. The van der Waals surface area contributed by atoms with Crippen LogP contribution in [0.3, 0.4) is 0 Å². The summed E-state index contributed by atoms with van der Waals surface area (Å²) < 4.78 is 0. The van der Waals surface area contributed by atoms with Crippen LogP contribution in [0.15, 0.2) is 0 Å². The van der Waals surface area contributed by atoms with E-state index in [1.165, 1.54) is 0 Å². The molecular weight excluding hydrogens is 186 g/mol. The maximum absolute atomic E-state index is 12.3. The van der Waals surface area contributed by atoms with Crippen LogP contribution in [-0.2, 0) is 4.79 Å². The van der Waals surface area contributed by atoms with Crippen LogP contribution in [0.2, 0.25) is 0 Å². The van der Waals surface area contributed by atoms with E-state index in [0.29, 0.717) is 12.3 Å². The molecule has 0 spiro atoms. The second kappa shape index (κ2) is 3.96. The van der Waals surface area contributed by atoms with E-state index in [0.717, 1.165) is 19.3 Å². The molecule has 1 atom stereocenters. The first-order valence-electron chi connectivity index (χ1n) is 5.80. The highest BCUT2D eigenvalue weighted by Crippen LogP contribution is 2.45. The Morgan fingerprint density at radius 1 is 1.40 bits per heavy atom. The lowest BCUT2D eigenvalue weighted by Crippen LogP contribution is -2.44. The van der Waals surface area contributed by atoms with Crippen LogP contribution >= 0.6 is 0 Å². The Bertz CT molecular complexity index is 298. The van der Waals surface area contributed by atoms with Gasteiger partial charge in [0.15, 0.2) is 5.78 Å². The quantitative estimate of drug-likeness (QED) is 0.697. The van der Waals surface area contributed by atoms with E-state index >= 15 is 0 Å². The molecule has 1 fully saturated rings. The third-order valence-electron chi connectivity index (χ3n) is 3.43. The first-order valence-corrected chi connectivity index (χ1v) is 5.80. The first kappa shape index (κ1) is 12.2. The van der Waals surface area contributed by atoms with Crippen molar-refractivity contribution in [2.45, 2.75) is 53.4 Å². The summed E-state index contributed by atoms with van der Waals surface area (Å²) in [7, 11) is 0. The Hall–Kier alpha value is -0.840. The van der Waals surface area contributed by atoms with Crippen molar-refractivity contribution in [3.05, 3.63) is 0 Å². The van der Waals surface area contributed by atoms with Crippen molar-refractivity contribution in [2.24, 2.45) is 16.7 Å². The number of nitrogens with zero attached hydrogens (tertiary/aromatic N) is 1. The van der Waals surface area contributed by atoms with Gasteiger partial charge in [-0.1, -0.05) is 34.1 Å². The molecule has 1 rings (SSSR count). The zero-order valence-electron chi connectivity index (χ0n) is 10.3. The lowest BCUT2D eigenvalue weighted by molar-refractivity contribution is -0.139. The molecule has 15 heavy (non-hydrogen) atoms. The Morgan fingerprint density at radius 3 is 2.47 bits per heavy atom. The molecule has 0 radical (unpaired) electrons. The van der Waals surface area contributed by atoms with Crippen molar-refractivity contribution in [3.63, 3.8) is 0 Å². The van der Waals surface area contributed by atoms with Crippen LogP contribution in [0.5, 0.6) is 0 Å². The number of rotatable bonds is 2. The van der Waals surface area contributed by atoms with Crippen LogP contribution in [0.1, 0.15) is 53.4 Å². The van der Waals surface area contributed by atoms with Crippen molar-refractivity contribution < 1.29 is 4.79 Å². The van der Waals surface area contributed by atoms with Gasteiger partial charge in [0, 0.05) is 5.41 Å². The average molecular weight is 207 g/mol. The minimum Gasteiger partial charge on any atom is -0.297 e. The second-order valence-electron chi connectivity index (χ2n) is 5.86. The minimum absolute atomic E-state index is 0.164. The topological polar surface area (TPSA) is 40.9 Å². The summed E-state index contributed by atoms with van der Waals surface area (Å²) in [5, 5.41) is 9.32. The molecular formula is C13H21NO. The molecule has 0 aromatic rings. The van der Waals surface area contributed by atoms with E-state index in [-0.39, 0.29) is 11.2 Å². The van der Waals surface area contributed by atoms with Gasteiger partial charge in [0.25, 0.3) is 0 Å². The van der Waals surface area contributed by atoms with Gasteiger partial charge in [0.2, 0.25) is 0 Å². The summed E-state index contributed by atoms with van der Waals surface area (Å²) >= 11 is 0. The zero-order valence-corrected chi connectivity index (χ0v) is 10.3. The molecule has 0 aliphatic heterocycles. The number of carbonyl (C=O) groups is 1. The average Bonchev–Trinajstić information content (AvgIpc) is 2.12. The smallest absolute Gasteiger partial charge is 0.158 e. The molecule has 1 aliphatic rings. The van der Waals surface area contributed by atoms with Crippen LogP contribution in [0, 0.1) is 28.1 Å². The molecule has 1 unspecified atom stereocenters. The van der Waals surface area contributed by atoms with E-state index in [1.54, 1.807) is 0 Å². The van der Waals surface area contributed by atoms with Gasteiger partial charge in [0.1, 0.15) is 5.41 Å². The van der Waals surface area contributed by atoms with E-state index in [1.807, 2.05) is 13.8 Å². The van der Waals surface area contributed by atoms with Gasteiger partial charge in [-0.25, -0.2) is 0 Å². The second-order valence-corrected chi connectivity index (χ2v) is 5.86. The number of hydrogen-bond donors (Lipinski definition) is 0. The molecule has 2 nitrogen and oxygen atoms in total. The molecule has 84 valence electrons. The van der Waals surface area contributed by atoms with E-state index < -0.39 is 5.41 Å². The molecule has 0 aromatic carbocycles. The van der Waals surface area contributed by atoms with Crippen molar-refractivity contribution in [3.8, 4) is 6.07 Å². The van der Waals surface area contributed by atoms with Crippen molar-refractivity contribution in [2.75, 3.05) is 0 Å². The maximum atomic E-state index is 12.3. The monoisotopic (exact) mass is 207 g/mol. The van der Waals surface area contributed by atoms with Gasteiger partial charge in [-0.3, -0.25) is 4.79 Å².